The number of amides is 1. The van der Waals surface area contributed by atoms with E-state index in [1.54, 1.807) is 18.3 Å². The number of nitrogens with zero attached hydrogens (tertiary/aromatic N) is 3. The van der Waals surface area contributed by atoms with Crippen molar-refractivity contribution in [1.29, 1.82) is 5.26 Å². The summed E-state index contributed by atoms with van der Waals surface area (Å²) >= 11 is 3.49. The lowest BCUT2D eigenvalue weighted by Gasteiger charge is -2.11. The van der Waals surface area contributed by atoms with Gasteiger partial charge < -0.3 is 15.2 Å². The maximum atomic E-state index is 12.6. The van der Waals surface area contributed by atoms with Crippen LogP contribution < -0.4 is 10.6 Å². The van der Waals surface area contributed by atoms with Crippen LogP contribution in [0, 0.1) is 25.2 Å². The van der Waals surface area contributed by atoms with Gasteiger partial charge in [-0.25, -0.2) is 4.98 Å². The number of halogens is 1. The Morgan fingerprint density at radius 2 is 2.04 bits per heavy atom. The number of nitrogens with one attached hydrogen (secondary N) is 2. The third-order valence-electron chi connectivity index (χ3n) is 4.37. The van der Waals surface area contributed by atoms with Crippen molar-refractivity contribution in [3.05, 3.63) is 75.6 Å². The molecule has 1 amide bonds. The molecule has 0 spiro atoms. The molecule has 2 N–H and O–H groups in total. The van der Waals surface area contributed by atoms with Crippen LogP contribution >= 0.6 is 15.9 Å². The van der Waals surface area contributed by atoms with Crippen LogP contribution in [-0.4, -0.2) is 28.5 Å². The van der Waals surface area contributed by atoms with E-state index in [0.717, 1.165) is 21.5 Å². The lowest BCUT2D eigenvalue weighted by Crippen LogP contribution is -2.29. The smallest absolute Gasteiger partial charge is 0.253 e. The summed E-state index contributed by atoms with van der Waals surface area (Å²) in [4.78, 5) is 16.8. The van der Waals surface area contributed by atoms with Gasteiger partial charge in [0.05, 0.1) is 11.1 Å². The highest BCUT2D eigenvalue weighted by atomic mass is 79.9. The number of rotatable bonds is 6. The molecule has 0 radical (unpaired) electrons. The molecule has 0 atom stereocenters. The first-order valence-electron chi connectivity index (χ1n) is 8.83. The lowest BCUT2D eigenvalue weighted by molar-refractivity contribution is 0.0954. The van der Waals surface area contributed by atoms with Crippen molar-refractivity contribution in [2.24, 2.45) is 0 Å². The highest BCUT2D eigenvalue weighted by Gasteiger charge is 2.16. The largest absolute Gasteiger partial charge is 0.367 e. The Morgan fingerprint density at radius 3 is 2.79 bits per heavy atom. The summed E-state index contributed by atoms with van der Waals surface area (Å²) in [7, 11) is 0. The molecule has 3 aromatic rings. The SMILES string of the molecule is Cc1cc(C(=O)NCCNc2ncccc2C#N)c(C)n1-c1cccc(Br)c1. The molecule has 0 bridgehead atoms. The van der Waals surface area contributed by atoms with Gasteiger partial charge in [0.1, 0.15) is 11.9 Å². The number of hydrogen-bond acceptors (Lipinski definition) is 4. The van der Waals surface area contributed by atoms with Crippen LogP contribution in [0.15, 0.2) is 53.1 Å². The topological polar surface area (TPSA) is 82.7 Å². The van der Waals surface area contributed by atoms with Gasteiger partial charge in [0.15, 0.2) is 0 Å². The zero-order valence-corrected chi connectivity index (χ0v) is 17.2. The van der Waals surface area contributed by atoms with E-state index in [2.05, 4.69) is 42.2 Å². The zero-order chi connectivity index (χ0) is 20.1. The number of carbonyl (C=O) groups excluding carboxylic acids is 1. The van der Waals surface area contributed by atoms with Gasteiger partial charge in [-0.1, -0.05) is 22.0 Å². The standard InChI is InChI=1S/C21H20BrN5O/c1-14-11-19(15(2)27(14)18-7-3-6-17(22)12-18)21(28)26-10-9-25-20-16(13-23)5-4-8-24-20/h3-8,11-12H,9-10H2,1-2H3,(H,24,25)(H,26,28). The Balaban J connectivity index is 1.65. The second kappa shape index (κ2) is 8.72. The third kappa shape index (κ3) is 4.24. The predicted octanol–water partition coefficient (Wildman–Crippen LogP) is 3.97. The molecule has 2 heterocycles. The molecule has 7 heteroatoms. The van der Waals surface area contributed by atoms with Crippen molar-refractivity contribution < 1.29 is 4.79 Å². The van der Waals surface area contributed by atoms with E-state index in [-0.39, 0.29) is 5.91 Å². The van der Waals surface area contributed by atoms with Crippen LogP contribution in [0.5, 0.6) is 0 Å². The Morgan fingerprint density at radius 1 is 1.21 bits per heavy atom. The predicted molar refractivity (Wildman–Crippen MR) is 113 cm³/mol. The van der Waals surface area contributed by atoms with Gasteiger partial charge in [-0.05, 0) is 50.2 Å². The van der Waals surface area contributed by atoms with Crippen molar-refractivity contribution >= 4 is 27.7 Å². The fraction of sp³-hybridized carbons (Fsp3) is 0.190. The normalized spacial score (nSPS) is 10.4. The molecule has 0 aliphatic rings. The molecule has 0 fully saturated rings. The van der Waals surface area contributed by atoms with Gasteiger partial charge >= 0.3 is 0 Å². The van der Waals surface area contributed by atoms with E-state index in [0.29, 0.717) is 30.0 Å². The number of anilines is 1. The first kappa shape index (κ1) is 19.6. The van der Waals surface area contributed by atoms with Gasteiger partial charge in [-0.15, -0.1) is 0 Å². The molecule has 0 unspecified atom stereocenters. The molecule has 3 rings (SSSR count). The summed E-state index contributed by atoms with van der Waals surface area (Å²) in [5.41, 5.74) is 4.01. The van der Waals surface area contributed by atoms with Crippen LogP contribution in [0.2, 0.25) is 0 Å². The summed E-state index contributed by atoms with van der Waals surface area (Å²) < 4.78 is 3.05. The summed E-state index contributed by atoms with van der Waals surface area (Å²) in [6, 6.07) is 15.4. The van der Waals surface area contributed by atoms with Crippen LogP contribution in [0.4, 0.5) is 5.82 Å². The molecule has 28 heavy (non-hydrogen) atoms. The van der Waals surface area contributed by atoms with Gasteiger partial charge in [0, 0.05) is 40.8 Å². The lowest BCUT2D eigenvalue weighted by atomic mass is 10.2. The molecule has 0 aliphatic heterocycles. The molecule has 0 saturated heterocycles. The van der Waals surface area contributed by atoms with E-state index in [1.807, 2.05) is 44.2 Å². The van der Waals surface area contributed by atoms with E-state index >= 15 is 0 Å². The summed E-state index contributed by atoms with van der Waals surface area (Å²) in [5.74, 6) is 0.393. The van der Waals surface area contributed by atoms with Gasteiger partial charge in [0.2, 0.25) is 0 Å². The molecule has 2 aromatic heterocycles. The molecule has 6 nitrogen and oxygen atoms in total. The molecular weight excluding hydrogens is 418 g/mol. The van der Waals surface area contributed by atoms with Gasteiger partial charge in [0.25, 0.3) is 5.91 Å². The van der Waals surface area contributed by atoms with Crippen molar-refractivity contribution in [2.75, 3.05) is 18.4 Å². The third-order valence-corrected chi connectivity index (χ3v) is 4.87. The fourth-order valence-electron chi connectivity index (χ4n) is 3.09. The van der Waals surface area contributed by atoms with Crippen molar-refractivity contribution in [3.63, 3.8) is 0 Å². The van der Waals surface area contributed by atoms with Crippen LogP contribution in [0.25, 0.3) is 5.69 Å². The minimum atomic E-state index is -0.127. The van der Waals surface area contributed by atoms with Gasteiger partial charge in [-0.3, -0.25) is 4.79 Å². The molecule has 1 aromatic carbocycles. The highest BCUT2D eigenvalue weighted by molar-refractivity contribution is 9.10. The highest BCUT2D eigenvalue weighted by Crippen LogP contribution is 2.23. The monoisotopic (exact) mass is 437 g/mol. The maximum absolute atomic E-state index is 12.6. The Kier molecular flexibility index (Phi) is 6.12. The van der Waals surface area contributed by atoms with E-state index in [4.69, 9.17) is 5.26 Å². The first-order chi connectivity index (χ1) is 13.5. The summed E-state index contributed by atoms with van der Waals surface area (Å²) in [5, 5.41) is 15.1. The second-order valence-corrected chi connectivity index (χ2v) is 7.21. The Bertz CT molecular complexity index is 1050. The van der Waals surface area contributed by atoms with Crippen molar-refractivity contribution in [1.82, 2.24) is 14.9 Å². The van der Waals surface area contributed by atoms with Crippen molar-refractivity contribution in [3.8, 4) is 11.8 Å². The first-order valence-corrected chi connectivity index (χ1v) is 9.62. The fourth-order valence-corrected chi connectivity index (χ4v) is 3.48. The van der Waals surface area contributed by atoms with E-state index in [1.165, 1.54) is 0 Å². The number of hydrogen-bond donors (Lipinski definition) is 2. The summed E-state index contributed by atoms with van der Waals surface area (Å²) in [6.07, 6.45) is 1.62. The average Bonchev–Trinajstić information content (AvgIpc) is 2.99. The minimum absolute atomic E-state index is 0.127. The zero-order valence-electron chi connectivity index (χ0n) is 15.7. The molecular formula is C21H20BrN5O. The minimum Gasteiger partial charge on any atom is -0.367 e. The quantitative estimate of drug-likeness (QED) is 0.571. The maximum Gasteiger partial charge on any atom is 0.253 e. The number of nitriles is 1. The molecule has 0 aliphatic carbocycles. The Hall–Kier alpha value is -3.11. The summed E-state index contributed by atoms with van der Waals surface area (Å²) in [6.45, 7) is 4.81. The van der Waals surface area contributed by atoms with Crippen molar-refractivity contribution in [2.45, 2.75) is 13.8 Å². The van der Waals surface area contributed by atoms with E-state index in [9.17, 15) is 4.79 Å². The molecule has 142 valence electrons. The number of pyridine rings is 1. The number of aryl methyl sites for hydroxylation is 1. The van der Waals surface area contributed by atoms with Gasteiger partial charge in [-0.2, -0.15) is 5.26 Å². The number of aromatic nitrogens is 2. The average molecular weight is 438 g/mol. The van der Waals surface area contributed by atoms with E-state index < -0.39 is 0 Å². The second-order valence-electron chi connectivity index (χ2n) is 6.29. The molecule has 0 saturated carbocycles. The van der Waals surface area contributed by atoms with Crippen LogP contribution in [-0.2, 0) is 0 Å². The number of benzene rings is 1. The Labute approximate surface area is 172 Å². The van der Waals surface area contributed by atoms with Crippen LogP contribution in [0.3, 0.4) is 0 Å². The number of carbonyl (C=O) groups is 1. The van der Waals surface area contributed by atoms with Crippen LogP contribution in [0.1, 0.15) is 27.3 Å².